The van der Waals surface area contributed by atoms with Gasteiger partial charge in [0, 0.05) is 31.0 Å². The van der Waals surface area contributed by atoms with Crippen molar-refractivity contribution >= 4 is 55.8 Å². The number of aryl methyl sites for hydroxylation is 2. The molecule has 0 atom stereocenters. The molecule has 0 bridgehead atoms. The molecular weight excluding hydrogens is 452 g/mol. The maximum atomic E-state index is 13.8. The second-order valence-electron chi connectivity index (χ2n) is 7.79. The number of anilines is 1. The number of thiazole rings is 1. The Morgan fingerprint density at radius 1 is 1.09 bits per heavy atom. The van der Waals surface area contributed by atoms with Crippen LogP contribution in [0.1, 0.15) is 29.3 Å². The van der Waals surface area contributed by atoms with Gasteiger partial charge in [-0.3, -0.25) is 9.69 Å². The molecule has 0 saturated heterocycles. The highest BCUT2D eigenvalue weighted by Crippen LogP contribution is 2.32. The van der Waals surface area contributed by atoms with Gasteiger partial charge in [-0.15, -0.1) is 12.4 Å². The first-order chi connectivity index (χ1) is 15.7. The van der Waals surface area contributed by atoms with Crippen LogP contribution in [0, 0.1) is 0 Å². The Morgan fingerprint density at radius 2 is 1.94 bits per heavy atom. The van der Waals surface area contributed by atoms with Crippen molar-refractivity contribution in [2.75, 3.05) is 11.4 Å². The number of carbonyl (C=O) groups is 1. The van der Waals surface area contributed by atoms with Crippen LogP contribution >= 0.6 is 23.7 Å². The van der Waals surface area contributed by atoms with E-state index in [-0.39, 0.29) is 18.3 Å². The molecule has 0 aliphatic heterocycles. The molecule has 5 rings (SSSR count). The Kier molecular flexibility index (Phi) is 7.06. The Labute approximate surface area is 203 Å². The number of imidazole rings is 1. The summed E-state index contributed by atoms with van der Waals surface area (Å²) in [6.45, 7) is 3.53. The van der Waals surface area contributed by atoms with Crippen LogP contribution in [0.25, 0.3) is 21.0 Å². The lowest BCUT2D eigenvalue weighted by Gasteiger charge is -2.21. The maximum absolute atomic E-state index is 13.8. The lowest BCUT2D eigenvalue weighted by Crippen LogP contribution is -2.32. The van der Waals surface area contributed by atoms with Gasteiger partial charge in [0.25, 0.3) is 5.91 Å². The SMILES string of the molecule is CCc1ccc2nc(N(CCCn3ccnc3)C(=O)c3cccc4ccccc34)sc2c1.Cl. The fourth-order valence-corrected chi connectivity index (χ4v) is 5.02. The van der Waals surface area contributed by atoms with Crippen molar-refractivity contribution < 1.29 is 4.79 Å². The minimum absolute atomic E-state index is 0. The number of aromatic nitrogens is 3. The molecular formula is C26H25ClN4OS. The number of fused-ring (bicyclic) bond motifs is 2. The molecule has 3 aromatic carbocycles. The van der Waals surface area contributed by atoms with Gasteiger partial charge >= 0.3 is 0 Å². The first-order valence-electron chi connectivity index (χ1n) is 10.9. The summed E-state index contributed by atoms with van der Waals surface area (Å²) in [5.74, 6) is -0.0118. The highest BCUT2D eigenvalue weighted by Gasteiger charge is 2.22. The first kappa shape index (κ1) is 23.0. The molecule has 0 aliphatic carbocycles. The summed E-state index contributed by atoms with van der Waals surface area (Å²) in [6.07, 6.45) is 7.31. The number of benzene rings is 3. The second-order valence-corrected chi connectivity index (χ2v) is 8.80. The number of amides is 1. The Morgan fingerprint density at radius 3 is 2.76 bits per heavy atom. The molecule has 5 nitrogen and oxygen atoms in total. The minimum atomic E-state index is -0.0118. The van der Waals surface area contributed by atoms with Crippen LogP contribution in [-0.2, 0) is 13.0 Å². The third kappa shape index (κ3) is 4.77. The van der Waals surface area contributed by atoms with Crippen LogP contribution in [0.4, 0.5) is 5.13 Å². The number of carbonyl (C=O) groups excluding carboxylic acids is 1. The van der Waals surface area contributed by atoms with E-state index in [2.05, 4.69) is 30.1 Å². The van der Waals surface area contributed by atoms with E-state index in [1.807, 2.05) is 58.1 Å². The molecule has 0 unspecified atom stereocenters. The molecule has 1 amide bonds. The average Bonchev–Trinajstić information content (AvgIpc) is 3.50. The summed E-state index contributed by atoms with van der Waals surface area (Å²) in [4.78, 5) is 24.6. The van der Waals surface area contributed by atoms with Gasteiger partial charge in [-0.2, -0.15) is 0 Å². The first-order valence-corrected chi connectivity index (χ1v) is 11.7. The monoisotopic (exact) mass is 476 g/mol. The predicted octanol–water partition coefficient (Wildman–Crippen LogP) is 6.37. The van der Waals surface area contributed by atoms with Crippen molar-refractivity contribution in [3.05, 3.63) is 90.5 Å². The van der Waals surface area contributed by atoms with E-state index >= 15 is 0 Å². The normalized spacial score (nSPS) is 10.9. The molecule has 7 heteroatoms. The van der Waals surface area contributed by atoms with E-state index in [1.165, 1.54) is 5.56 Å². The van der Waals surface area contributed by atoms with E-state index in [0.29, 0.717) is 12.1 Å². The van der Waals surface area contributed by atoms with E-state index in [1.54, 1.807) is 23.9 Å². The van der Waals surface area contributed by atoms with Gasteiger partial charge in [-0.05, 0) is 47.4 Å². The minimum Gasteiger partial charge on any atom is -0.337 e. The molecule has 2 heterocycles. The van der Waals surface area contributed by atoms with Crippen molar-refractivity contribution in [1.29, 1.82) is 0 Å². The Bertz CT molecular complexity index is 1370. The van der Waals surface area contributed by atoms with Gasteiger partial charge in [0.1, 0.15) is 0 Å². The number of nitrogens with zero attached hydrogens (tertiary/aromatic N) is 4. The number of hydrogen-bond donors (Lipinski definition) is 0. The summed E-state index contributed by atoms with van der Waals surface area (Å²) < 4.78 is 3.15. The summed E-state index contributed by atoms with van der Waals surface area (Å²) in [5, 5.41) is 2.78. The third-order valence-electron chi connectivity index (χ3n) is 5.70. The maximum Gasteiger partial charge on any atom is 0.260 e. The van der Waals surface area contributed by atoms with Crippen LogP contribution in [0.3, 0.4) is 0 Å². The van der Waals surface area contributed by atoms with Gasteiger partial charge in [0.2, 0.25) is 0 Å². The molecule has 0 fully saturated rings. The second kappa shape index (κ2) is 10.1. The smallest absolute Gasteiger partial charge is 0.260 e. The zero-order chi connectivity index (χ0) is 21.9. The van der Waals surface area contributed by atoms with Crippen LogP contribution in [0.15, 0.2) is 79.4 Å². The van der Waals surface area contributed by atoms with Gasteiger partial charge in [0.15, 0.2) is 5.13 Å². The zero-order valence-electron chi connectivity index (χ0n) is 18.3. The molecule has 0 spiro atoms. The van der Waals surface area contributed by atoms with Gasteiger partial charge in [-0.25, -0.2) is 9.97 Å². The van der Waals surface area contributed by atoms with Crippen molar-refractivity contribution in [2.45, 2.75) is 26.3 Å². The van der Waals surface area contributed by atoms with Crippen molar-refractivity contribution in [3.8, 4) is 0 Å². The van der Waals surface area contributed by atoms with E-state index in [9.17, 15) is 4.79 Å². The number of halogens is 1. The predicted molar refractivity (Wildman–Crippen MR) is 139 cm³/mol. The quantitative estimate of drug-likeness (QED) is 0.274. The summed E-state index contributed by atoms with van der Waals surface area (Å²) >= 11 is 1.59. The standard InChI is InChI=1S/C26H24N4OS.ClH/c1-2-19-11-12-23-24(17-19)32-26(28-23)30(15-6-14-29-16-13-27-18-29)25(31)22-10-5-8-20-7-3-4-9-21(20)22;/h3-5,7-13,16-18H,2,6,14-15H2,1H3;1H. The Hall–Kier alpha value is -3.22. The van der Waals surface area contributed by atoms with Crippen LogP contribution in [-0.4, -0.2) is 27.0 Å². The average molecular weight is 477 g/mol. The van der Waals surface area contributed by atoms with Crippen molar-refractivity contribution in [3.63, 3.8) is 0 Å². The third-order valence-corrected chi connectivity index (χ3v) is 6.74. The highest BCUT2D eigenvalue weighted by atomic mass is 35.5. The fourth-order valence-electron chi connectivity index (χ4n) is 3.96. The van der Waals surface area contributed by atoms with Crippen LogP contribution < -0.4 is 4.90 Å². The largest absolute Gasteiger partial charge is 0.337 e. The summed E-state index contributed by atoms with van der Waals surface area (Å²) in [6, 6.07) is 20.3. The molecule has 33 heavy (non-hydrogen) atoms. The summed E-state index contributed by atoms with van der Waals surface area (Å²) in [5.41, 5.74) is 2.92. The Balaban J connectivity index is 0.00000259. The van der Waals surface area contributed by atoms with Crippen LogP contribution in [0.5, 0.6) is 0 Å². The van der Waals surface area contributed by atoms with E-state index in [4.69, 9.17) is 4.98 Å². The van der Waals surface area contributed by atoms with E-state index in [0.717, 1.165) is 45.5 Å². The zero-order valence-corrected chi connectivity index (χ0v) is 20.0. The van der Waals surface area contributed by atoms with Crippen LogP contribution in [0.2, 0.25) is 0 Å². The van der Waals surface area contributed by atoms with Crippen molar-refractivity contribution in [1.82, 2.24) is 14.5 Å². The van der Waals surface area contributed by atoms with Crippen molar-refractivity contribution in [2.24, 2.45) is 0 Å². The molecule has 0 radical (unpaired) electrons. The van der Waals surface area contributed by atoms with Gasteiger partial charge in [-0.1, -0.05) is 60.7 Å². The lowest BCUT2D eigenvalue weighted by atomic mass is 10.0. The van der Waals surface area contributed by atoms with Gasteiger partial charge in [0.05, 0.1) is 16.5 Å². The molecule has 5 aromatic rings. The lowest BCUT2D eigenvalue weighted by molar-refractivity contribution is 0.0988. The topological polar surface area (TPSA) is 51.0 Å². The molecule has 0 N–H and O–H groups in total. The summed E-state index contributed by atoms with van der Waals surface area (Å²) in [7, 11) is 0. The molecule has 2 aromatic heterocycles. The highest BCUT2D eigenvalue weighted by molar-refractivity contribution is 7.22. The van der Waals surface area contributed by atoms with Gasteiger partial charge < -0.3 is 4.57 Å². The molecule has 168 valence electrons. The molecule has 0 aliphatic rings. The number of rotatable bonds is 7. The fraction of sp³-hybridized carbons (Fsp3) is 0.192. The van der Waals surface area contributed by atoms with E-state index < -0.39 is 0 Å². The molecule has 0 saturated carbocycles. The number of hydrogen-bond acceptors (Lipinski definition) is 4.